The number of para-hydroxylation sites is 1. The third kappa shape index (κ3) is 6.21. The van der Waals surface area contributed by atoms with Gasteiger partial charge in [-0.3, -0.25) is 0 Å². The Morgan fingerprint density at radius 3 is 2.49 bits per heavy atom. The average molecular weight is 554 g/mol. The van der Waals surface area contributed by atoms with Gasteiger partial charge in [0.05, 0.1) is 45.0 Å². The van der Waals surface area contributed by atoms with E-state index in [0.29, 0.717) is 47.1 Å². The Morgan fingerprint density at radius 2 is 1.74 bits per heavy atom. The van der Waals surface area contributed by atoms with Gasteiger partial charge in [-0.25, -0.2) is 9.78 Å². The highest BCUT2D eigenvalue weighted by Crippen LogP contribution is 2.39. The number of ether oxygens (including phenoxy) is 3. The van der Waals surface area contributed by atoms with Crippen LogP contribution in [0.3, 0.4) is 0 Å². The lowest BCUT2D eigenvalue weighted by atomic mass is 10.2. The number of hydrogen-bond acceptors (Lipinski definition) is 9. The number of nitrogens with one attached hydrogen (secondary N) is 3. The fourth-order valence-corrected chi connectivity index (χ4v) is 4.80. The molecule has 3 heterocycles. The Labute approximate surface area is 232 Å². The minimum absolute atomic E-state index is 0.110. The van der Waals surface area contributed by atoms with Crippen LogP contribution in [0.5, 0.6) is 11.5 Å². The van der Waals surface area contributed by atoms with Gasteiger partial charge in [0.25, 0.3) is 0 Å². The Morgan fingerprint density at radius 1 is 0.974 bits per heavy atom. The molecule has 2 fully saturated rings. The van der Waals surface area contributed by atoms with Crippen molar-refractivity contribution in [1.29, 1.82) is 0 Å². The topological polar surface area (TPSA) is 113 Å². The van der Waals surface area contributed by atoms with Gasteiger partial charge in [-0.1, -0.05) is 17.7 Å². The number of carbonyl (C=O) groups excluding carboxylic acids is 1. The zero-order valence-corrected chi connectivity index (χ0v) is 22.8. The number of rotatable bonds is 8. The highest BCUT2D eigenvalue weighted by Gasteiger charge is 2.21. The summed E-state index contributed by atoms with van der Waals surface area (Å²) in [5.74, 6) is 2.03. The smallest absolute Gasteiger partial charge is 0.321 e. The van der Waals surface area contributed by atoms with E-state index in [1.807, 2.05) is 29.2 Å². The zero-order valence-electron chi connectivity index (χ0n) is 22.0. The van der Waals surface area contributed by atoms with E-state index in [9.17, 15) is 4.79 Å². The highest BCUT2D eigenvalue weighted by atomic mass is 35.5. The van der Waals surface area contributed by atoms with E-state index in [0.717, 1.165) is 56.1 Å². The van der Waals surface area contributed by atoms with Gasteiger partial charge in [-0.15, -0.1) is 0 Å². The molecule has 2 aromatic carbocycles. The van der Waals surface area contributed by atoms with Crippen molar-refractivity contribution in [3.05, 3.63) is 47.6 Å². The van der Waals surface area contributed by atoms with E-state index < -0.39 is 0 Å². The molecule has 0 unspecified atom stereocenters. The molecule has 0 spiro atoms. The molecule has 2 saturated heterocycles. The third-order valence-electron chi connectivity index (χ3n) is 6.64. The third-order valence-corrected chi connectivity index (χ3v) is 6.91. The summed E-state index contributed by atoms with van der Waals surface area (Å²) in [6.45, 7) is 4.32. The predicted octanol–water partition coefficient (Wildman–Crippen LogP) is 5.10. The van der Waals surface area contributed by atoms with Crippen LogP contribution in [0.25, 0.3) is 0 Å². The maximum absolute atomic E-state index is 12.5. The largest absolute Gasteiger partial charge is 0.495 e. The Kier molecular flexibility index (Phi) is 8.38. The van der Waals surface area contributed by atoms with Gasteiger partial charge in [0.2, 0.25) is 5.95 Å². The monoisotopic (exact) mass is 553 g/mol. The van der Waals surface area contributed by atoms with E-state index in [1.54, 1.807) is 26.4 Å². The second-order valence-corrected chi connectivity index (χ2v) is 9.54. The molecule has 2 aliphatic rings. The number of benzene rings is 2. The number of anilines is 6. The number of aromatic nitrogens is 2. The van der Waals surface area contributed by atoms with Crippen LogP contribution in [0.15, 0.2) is 42.6 Å². The van der Waals surface area contributed by atoms with Crippen LogP contribution in [0.4, 0.5) is 39.3 Å². The van der Waals surface area contributed by atoms with Crippen LogP contribution >= 0.6 is 11.6 Å². The number of methoxy groups -OCH3 is 2. The molecule has 2 amide bonds. The number of amides is 2. The molecule has 0 radical (unpaired) electrons. The van der Waals surface area contributed by atoms with Crippen molar-refractivity contribution in [2.45, 2.75) is 12.8 Å². The number of halogens is 1. The van der Waals surface area contributed by atoms with Crippen LogP contribution in [0, 0.1) is 0 Å². The van der Waals surface area contributed by atoms with E-state index >= 15 is 0 Å². The molecule has 11 nitrogen and oxygen atoms in total. The predicted molar refractivity (Wildman–Crippen MR) is 152 cm³/mol. The van der Waals surface area contributed by atoms with E-state index in [2.05, 4.69) is 30.8 Å². The zero-order chi connectivity index (χ0) is 27.2. The Bertz CT molecular complexity index is 1310. The van der Waals surface area contributed by atoms with Crippen molar-refractivity contribution in [3.8, 4) is 11.5 Å². The summed E-state index contributed by atoms with van der Waals surface area (Å²) < 4.78 is 16.8. The Hall–Kier alpha value is -3.96. The molecular formula is C27H32ClN7O4. The first kappa shape index (κ1) is 26.6. The van der Waals surface area contributed by atoms with Crippen molar-refractivity contribution in [2.24, 2.45) is 0 Å². The fourth-order valence-electron chi connectivity index (χ4n) is 4.66. The number of carbonyl (C=O) groups is 1. The minimum Gasteiger partial charge on any atom is -0.495 e. The van der Waals surface area contributed by atoms with Gasteiger partial charge >= 0.3 is 6.03 Å². The Balaban J connectivity index is 1.35. The summed E-state index contributed by atoms with van der Waals surface area (Å²) in [4.78, 5) is 25.5. The van der Waals surface area contributed by atoms with Crippen LogP contribution in [0.2, 0.25) is 5.02 Å². The normalized spacial score (nSPS) is 15.2. The summed E-state index contributed by atoms with van der Waals surface area (Å²) in [5.41, 5.74) is 3.00. The van der Waals surface area contributed by atoms with Crippen molar-refractivity contribution in [2.75, 3.05) is 74.5 Å². The molecule has 12 heteroatoms. The average Bonchev–Trinajstić information content (AvgIpc) is 3.51. The summed E-state index contributed by atoms with van der Waals surface area (Å²) in [7, 11) is 3.22. The SMILES string of the molecule is COc1cc(NC(=O)N2CCCC2)ccc1Nc1ncc(Cl)c(Nc2cccc(OC)c2N2CCOCC2)n1. The molecule has 0 bridgehead atoms. The summed E-state index contributed by atoms with van der Waals surface area (Å²) in [5, 5.41) is 9.85. The summed E-state index contributed by atoms with van der Waals surface area (Å²) in [6, 6.07) is 11.1. The second kappa shape index (κ2) is 12.3. The number of nitrogens with zero attached hydrogens (tertiary/aromatic N) is 4. The first-order valence-corrected chi connectivity index (χ1v) is 13.2. The van der Waals surface area contributed by atoms with Crippen molar-refractivity contribution >= 4 is 52.1 Å². The molecular weight excluding hydrogens is 522 g/mol. The molecule has 0 aliphatic carbocycles. The molecule has 0 atom stereocenters. The quantitative estimate of drug-likeness (QED) is 0.350. The number of morpholine rings is 1. The molecule has 3 aromatic rings. The van der Waals surface area contributed by atoms with Crippen molar-refractivity contribution in [1.82, 2.24) is 14.9 Å². The second-order valence-electron chi connectivity index (χ2n) is 9.14. The van der Waals surface area contributed by atoms with Gasteiger partial charge in [-0.05, 0) is 37.1 Å². The van der Waals surface area contributed by atoms with Gasteiger partial charge < -0.3 is 40.0 Å². The van der Waals surface area contributed by atoms with Gasteiger partial charge in [0, 0.05) is 37.9 Å². The van der Waals surface area contributed by atoms with Gasteiger partial charge in [0.15, 0.2) is 5.82 Å². The molecule has 39 heavy (non-hydrogen) atoms. The lowest BCUT2D eigenvalue weighted by Gasteiger charge is -2.31. The van der Waals surface area contributed by atoms with E-state index in [4.69, 9.17) is 25.8 Å². The molecule has 1 aromatic heterocycles. The molecule has 5 rings (SSSR count). The van der Waals surface area contributed by atoms with E-state index in [-0.39, 0.29) is 6.03 Å². The molecule has 206 valence electrons. The number of urea groups is 1. The number of likely N-dealkylation sites (tertiary alicyclic amines) is 1. The highest BCUT2D eigenvalue weighted by molar-refractivity contribution is 6.33. The van der Waals surface area contributed by atoms with Crippen LogP contribution in [-0.2, 0) is 4.74 Å². The van der Waals surface area contributed by atoms with Gasteiger partial charge in [0.1, 0.15) is 22.2 Å². The summed E-state index contributed by atoms with van der Waals surface area (Å²) >= 11 is 6.49. The first-order valence-electron chi connectivity index (χ1n) is 12.9. The van der Waals surface area contributed by atoms with Gasteiger partial charge in [-0.2, -0.15) is 4.98 Å². The fraction of sp³-hybridized carbons (Fsp3) is 0.370. The molecule has 3 N–H and O–H groups in total. The molecule has 2 aliphatic heterocycles. The standard InChI is InChI=1S/C27H32ClN7O4/c1-37-22-7-5-6-21(24(22)34-12-14-39-15-13-34)31-25-19(28)17-29-26(33-25)32-20-9-8-18(16-23(20)38-2)30-27(36)35-10-3-4-11-35/h5-9,16-17H,3-4,10-15H2,1-2H3,(H,30,36)(H2,29,31,32,33). The van der Waals surface area contributed by atoms with Crippen LogP contribution < -0.4 is 30.3 Å². The van der Waals surface area contributed by atoms with Crippen molar-refractivity contribution in [3.63, 3.8) is 0 Å². The minimum atomic E-state index is -0.110. The summed E-state index contributed by atoms with van der Waals surface area (Å²) in [6.07, 6.45) is 3.60. The number of hydrogen-bond donors (Lipinski definition) is 3. The van der Waals surface area contributed by atoms with Crippen molar-refractivity contribution < 1.29 is 19.0 Å². The van der Waals surface area contributed by atoms with Crippen LogP contribution in [-0.4, -0.2) is 74.5 Å². The molecule has 0 saturated carbocycles. The maximum atomic E-state index is 12.5. The first-order chi connectivity index (χ1) is 19.1. The van der Waals surface area contributed by atoms with Crippen LogP contribution in [0.1, 0.15) is 12.8 Å². The maximum Gasteiger partial charge on any atom is 0.321 e. The van der Waals surface area contributed by atoms with E-state index in [1.165, 1.54) is 6.20 Å². The lowest BCUT2D eigenvalue weighted by Crippen LogP contribution is -2.36. The lowest BCUT2D eigenvalue weighted by molar-refractivity contribution is 0.122.